The van der Waals surface area contributed by atoms with E-state index >= 15 is 0 Å². The number of rotatable bonds is 4. The lowest BCUT2D eigenvalue weighted by Crippen LogP contribution is -2.47. The Bertz CT molecular complexity index is 442. The minimum atomic E-state index is -0.129. The molecule has 0 spiro atoms. The predicted octanol–water partition coefficient (Wildman–Crippen LogP) is 2.60. The summed E-state index contributed by atoms with van der Waals surface area (Å²) in [5.74, 6) is 1.49. The number of carbonyl (C=O) groups excluding carboxylic acids is 1. The Balaban J connectivity index is 1.46. The zero-order chi connectivity index (χ0) is 13.9. The van der Waals surface area contributed by atoms with Gasteiger partial charge in [-0.05, 0) is 50.7 Å². The van der Waals surface area contributed by atoms with E-state index in [1.807, 2.05) is 19.1 Å². The molecule has 1 aliphatic carbocycles. The van der Waals surface area contributed by atoms with Crippen molar-refractivity contribution in [2.75, 3.05) is 6.61 Å². The molecule has 5 heteroatoms. The van der Waals surface area contributed by atoms with Gasteiger partial charge in [-0.15, -0.1) is 0 Å². The molecular weight excluding hydrogens is 256 g/mol. The lowest BCUT2D eigenvalue weighted by molar-refractivity contribution is -0.00918. The molecular formula is C15H22N2O3. The molecule has 3 atom stereocenters. The van der Waals surface area contributed by atoms with E-state index < -0.39 is 0 Å². The Morgan fingerprint density at radius 3 is 2.95 bits per heavy atom. The van der Waals surface area contributed by atoms with Crippen LogP contribution in [0, 0.1) is 5.92 Å². The number of carbonyl (C=O) groups is 1. The minimum Gasteiger partial charge on any atom is -0.467 e. The second-order valence-electron chi connectivity index (χ2n) is 5.82. The third-order valence-electron chi connectivity index (χ3n) is 4.12. The molecule has 1 aliphatic heterocycles. The average Bonchev–Trinajstić information content (AvgIpc) is 3.13. The lowest BCUT2D eigenvalue weighted by Gasteiger charge is -2.30. The van der Waals surface area contributed by atoms with Gasteiger partial charge < -0.3 is 19.8 Å². The fourth-order valence-corrected chi connectivity index (χ4v) is 2.79. The molecule has 1 aromatic heterocycles. The van der Waals surface area contributed by atoms with Gasteiger partial charge in [-0.25, -0.2) is 4.79 Å². The van der Waals surface area contributed by atoms with Crippen molar-refractivity contribution in [3.05, 3.63) is 24.2 Å². The number of hydrogen-bond donors (Lipinski definition) is 2. The SMILES string of the molecule is C[C@H](NC(=O)N[C@@H]1CCO[C@H](C2CC2)C1)c1ccco1. The van der Waals surface area contributed by atoms with Gasteiger partial charge in [0.15, 0.2) is 0 Å². The summed E-state index contributed by atoms with van der Waals surface area (Å²) < 4.78 is 11.0. The van der Waals surface area contributed by atoms with Crippen molar-refractivity contribution in [1.82, 2.24) is 10.6 Å². The smallest absolute Gasteiger partial charge is 0.315 e. The fourth-order valence-electron chi connectivity index (χ4n) is 2.79. The maximum atomic E-state index is 12.0. The van der Waals surface area contributed by atoms with Crippen LogP contribution in [0.15, 0.2) is 22.8 Å². The summed E-state index contributed by atoms with van der Waals surface area (Å²) in [5.41, 5.74) is 0. The highest BCUT2D eigenvalue weighted by molar-refractivity contribution is 5.74. The molecule has 20 heavy (non-hydrogen) atoms. The van der Waals surface area contributed by atoms with Crippen molar-refractivity contribution < 1.29 is 13.9 Å². The van der Waals surface area contributed by atoms with Crippen LogP contribution in [0.4, 0.5) is 4.79 Å². The minimum absolute atomic E-state index is 0.121. The van der Waals surface area contributed by atoms with Crippen molar-refractivity contribution in [2.24, 2.45) is 5.92 Å². The summed E-state index contributed by atoms with van der Waals surface area (Å²) in [4.78, 5) is 12.0. The van der Waals surface area contributed by atoms with Crippen LogP contribution in [0.3, 0.4) is 0 Å². The summed E-state index contributed by atoms with van der Waals surface area (Å²) in [5, 5.41) is 5.96. The summed E-state index contributed by atoms with van der Waals surface area (Å²) in [6.07, 6.45) is 6.35. The molecule has 0 bridgehead atoms. The highest BCUT2D eigenvalue weighted by Crippen LogP contribution is 2.38. The normalized spacial score (nSPS) is 27.9. The first kappa shape index (κ1) is 13.5. The fraction of sp³-hybridized carbons (Fsp3) is 0.667. The Morgan fingerprint density at radius 2 is 2.25 bits per heavy atom. The lowest BCUT2D eigenvalue weighted by atomic mass is 10.0. The second-order valence-corrected chi connectivity index (χ2v) is 5.82. The van der Waals surface area contributed by atoms with Crippen molar-refractivity contribution in [1.29, 1.82) is 0 Å². The number of urea groups is 1. The molecule has 2 aliphatic rings. The van der Waals surface area contributed by atoms with Crippen LogP contribution < -0.4 is 10.6 Å². The van der Waals surface area contributed by atoms with Gasteiger partial charge in [0.25, 0.3) is 0 Å². The van der Waals surface area contributed by atoms with Crippen molar-refractivity contribution in [2.45, 2.75) is 50.8 Å². The summed E-state index contributed by atoms with van der Waals surface area (Å²) in [6.45, 7) is 2.66. The van der Waals surface area contributed by atoms with Crippen LogP contribution >= 0.6 is 0 Å². The molecule has 110 valence electrons. The van der Waals surface area contributed by atoms with Gasteiger partial charge in [0.05, 0.1) is 18.4 Å². The monoisotopic (exact) mass is 278 g/mol. The molecule has 0 aromatic carbocycles. The first-order chi connectivity index (χ1) is 9.72. The zero-order valence-corrected chi connectivity index (χ0v) is 11.8. The van der Waals surface area contributed by atoms with Crippen LogP contribution in [0.2, 0.25) is 0 Å². The second kappa shape index (κ2) is 5.87. The zero-order valence-electron chi connectivity index (χ0n) is 11.8. The molecule has 2 heterocycles. The van der Waals surface area contributed by atoms with E-state index in [-0.39, 0.29) is 18.1 Å². The van der Waals surface area contributed by atoms with E-state index in [9.17, 15) is 4.79 Å². The summed E-state index contributed by atoms with van der Waals surface area (Å²) >= 11 is 0. The number of furan rings is 1. The number of ether oxygens (including phenoxy) is 1. The Kier molecular flexibility index (Phi) is 3.96. The van der Waals surface area contributed by atoms with Gasteiger partial charge in [-0.1, -0.05) is 0 Å². The van der Waals surface area contributed by atoms with Gasteiger partial charge in [0.1, 0.15) is 5.76 Å². The van der Waals surface area contributed by atoms with Gasteiger partial charge in [-0.3, -0.25) is 0 Å². The number of amides is 2. The largest absolute Gasteiger partial charge is 0.467 e. The molecule has 0 radical (unpaired) electrons. The average molecular weight is 278 g/mol. The molecule has 1 saturated heterocycles. The van der Waals surface area contributed by atoms with Crippen molar-refractivity contribution in [3.8, 4) is 0 Å². The van der Waals surface area contributed by atoms with Crippen LogP contribution in [0.1, 0.15) is 44.4 Å². The van der Waals surface area contributed by atoms with E-state index in [0.717, 1.165) is 31.1 Å². The van der Waals surface area contributed by atoms with Crippen LogP contribution in [0.25, 0.3) is 0 Å². The molecule has 2 amide bonds. The third kappa shape index (κ3) is 3.33. The number of hydrogen-bond acceptors (Lipinski definition) is 3. The Morgan fingerprint density at radius 1 is 1.40 bits per heavy atom. The molecule has 5 nitrogen and oxygen atoms in total. The maximum Gasteiger partial charge on any atom is 0.315 e. The van der Waals surface area contributed by atoms with Gasteiger partial charge in [-0.2, -0.15) is 0 Å². The van der Waals surface area contributed by atoms with E-state index in [1.165, 1.54) is 12.8 Å². The van der Waals surface area contributed by atoms with E-state index in [0.29, 0.717) is 6.10 Å². The summed E-state index contributed by atoms with van der Waals surface area (Å²) in [7, 11) is 0. The molecule has 3 rings (SSSR count). The van der Waals surface area contributed by atoms with Gasteiger partial charge in [0, 0.05) is 12.6 Å². The van der Waals surface area contributed by atoms with E-state index in [1.54, 1.807) is 6.26 Å². The van der Waals surface area contributed by atoms with E-state index in [2.05, 4.69) is 10.6 Å². The predicted molar refractivity (Wildman–Crippen MR) is 74.3 cm³/mol. The number of nitrogens with one attached hydrogen (secondary N) is 2. The van der Waals surface area contributed by atoms with Crippen LogP contribution in [0.5, 0.6) is 0 Å². The topological polar surface area (TPSA) is 63.5 Å². The molecule has 2 fully saturated rings. The van der Waals surface area contributed by atoms with Gasteiger partial charge >= 0.3 is 6.03 Å². The molecule has 0 unspecified atom stereocenters. The first-order valence-electron chi connectivity index (χ1n) is 7.44. The molecule has 1 saturated carbocycles. The quantitative estimate of drug-likeness (QED) is 0.889. The molecule has 1 aromatic rings. The van der Waals surface area contributed by atoms with Gasteiger partial charge in [0.2, 0.25) is 0 Å². The first-order valence-corrected chi connectivity index (χ1v) is 7.44. The van der Waals surface area contributed by atoms with Crippen molar-refractivity contribution >= 4 is 6.03 Å². The van der Waals surface area contributed by atoms with Crippen LogP contribution in [-0.2, 0) is 4.74 Å². The van der Waals surface area contributed by atoms with E-state index in [4.69, 9.17) is 9.15 Å². The summed E-state index contributed by atoms with van der Waals surface area (Å²) in [6, 6.07) is 3.66. The van der Waals surface area contributed by atoms with Crippen molar-refractivity contribution in [3.63, 3.8) is 0 Å². The third-order valence-corrected chi connectivity index (χ3v) is 4.12. The highest BCUT2D eigenvalue weighted by atomic mass is 16.5. The Hall–Kier alpha value is -1.49. The standard InChI is InChI=1S/C15H22N2O3/c1-10(13-3-2-7-19-13)16-15(18)17-12-6-8-20-14(9-12)11-4-5-11/h2-3,7,10-12,14H,4-6,8-9H2,1H3,(H2,16,17,18)/t10-,12+,14-/m0/s1. The maximum absolute atomic E-state index is 12.0. The highest BCUT2D eigenvalue weighted by Gasteiger charge is 2.36. The van der Waals surface area contributed by atoms with Crippen LogP contribution in [-0.4, -0.2) is 24.8 Å². The Labute approximate surface area is 119 Å². The molecule has 2 N–H and O–H groups in total.